The van der Waals surface area contributed by atoms with Crippen LogP contribution in [-0.2, 0) is 0 Å². The molecule has 1 aliphatic heterocycles. The van der Waals surface area contributed by atoms with Gasteiger partial charge in [-0.05, 0) is 39.4 Å². The van der Waals surface area contributed by atoms with E-state index in [0.717, 1.165) is 12.5 Å². The lowest BCUT2D eigenvalue weighted by molar-refractivity contribution is 0.0549. The second kappa shape index (κ2) is 6.15. The molecule has 2 atom stereocenters. The summed E-state index contributed by atoms with van der Waals surface area (Å²) in [7, 11) is 0. The van der Waals surface area contributed by atoms with E-state index >= 15 is 0 Å². The van der Waals surface area contributed by atoms with Crippen molar-refractivity contribution in [2.45, 2.75) is 64.3 Å². The van der Waals surface area contributed by atoms with Crippen LogP contribution in [0.5, 0.6) is 0 Å². The molecule has 0 aliphatic carbocycles. The van der Waals surface area contributed by atoms with Crippen LogP contribution in [0, 0.1) is 5.92 Å². The van der Waals surface area contributed by atoms with Crippen LogP contribution >= 0.6 is 11.8 Å². The van der Waals surface area contributed by atoms with Crippen LogP contribution in [0.1, 0.15) is 48.0 Å². The van der Waals surface area contributed by atoms with Gasteiger partial charge >= 0.3 is 0 Å². The average molecular weight is 273 g/mol. The van der Waals surface area contributed by atoms with Crippen molar-refractivity contribution in [2.75, 3.05) is 25.9 Å². The fourth-order valence-corrected chi connectivity index (χ4v) is 3.02. The fraction of sp³-hybridized carbons (Fsp3) is 1.00. The Labute approximate surface area is 118 Å². The summed E-state index contributed by atoms with van der Waals surface area (Å²) in [6.07, 6.45) is 3.43. The predicted octanol–water partition coefficient (Wildman–Crippen LogP) is 3.23. The third-order valence-corrected chi connectivity index (χ3v) is 5.68. The van der Waals surface area contributed by atoms with Crippen LogP contribution in [0.15, 0.2) is 0 Å². The first-order valence-electron chi connectivity index (χ1n) is 7.27. The predicted molar refractivity (Wildman–Crippen MR) is 84.5 cm³/mol. The van der Waals surface area contributed by atoms with E-state index in [0.29, 0.717) is 16.3 Å². The van der Waals surface area contributed by atoms with E-state index in [1.165, 1.54) is 19.5 Å². The van der Waals surface area contributed by atoms with E-state index in [2.05, 4.69) is 58.0 Å². The minimum absolute atomic E-state index is 0.292. The van der Waals surface area contributed by atoms with E-state index in [-0.39, 0.29) is 0 Å². The molecule has 0 saturated carbocycles. The maximum Gasteiger partial charge on any atom is 0.0278 e. The maximum atomic E-state index is 3.76. The minimum Gasteiger partial charge on any atom is -0.309 e. The summed E-state index contributed by atoms with van der Waals surface area (Å²) < 4.78 is 0.346. The summed E-state index contributed by atoms with van der Waals surface area (Å²) >= 11 is 1.98. The number of nitrogens with one attached hydrogen (secondary N) is 1. The summed E-state index contributed by atoms with van der Waals surface area (Å²) in [4.78, 5) is 2.72. The summed E-state index contributed by atoms with van der Waals surface area (Å²) in [6, 6.07) is 0.677. The Morgan fingerprint density at radius 3 is 2.50 bits per heavy atom. The molecule has 1 fully saturated rings. The van der Waals surface area contributed by atoms with Gasteiger partial charge in [0.15, 0.2) is 0 Å². The lowest BCUT2D eigenvalue weighted by Gasteiger charge is -2.49. The monoisotopic (exact) mass is 272 g/mol. The number of piperazine rings is 1. The van der Waals surface area contributed by atoms with Crippen LogP contribution in [0.25, 0.3) is 0 Å². The standard InChI is InChI=1S/C15H32N2S/c1-8-15(6)11-17(10-14(4,5)18-7)13(9-16-15)12(2)3/h12-13,16H,8-11H2,1-7H3. The van der Waals surface area contributed by atoms with Gasteiger partial charge in [0.05, 0.1) is 0 Å². The Morgan fingerprint density at radius 2 is 2.06 bits per heavy atom. The molecule has 0 spiro atoms. The van der Waals surface area contributed by atoms with Crippen LogP contribution < -0.4 is 5.32 Å². The van der Waals surface area contributed by atoms with Gasteiger partial charge in [-0.3, -0.25) is 4.90 Å². The molecule has 3 heteroatoms. The number of nitrogens with zero attached hydrogens (tertiary/aromatic N) is 1. The first-order valence-corrected chi connectivity index (χ1v) is 8.50. The van der Waals surface area contributed by atoms with Crippen molar-refractivity contribution < 1.29 is 0 Å². The Balaban J connectivity index is 2.79. The average Bonchev–Trinajstić information content (AvgIpc) is 2.28. The normalized spacial score (nSPS) is 31.0. The first kappa shape index (κ1) is 16.3. The Hall–Kier alpha value is 0.270. The lowest BCUT2D eigenvalue weighted by Crippen LogP contribution is -2.65. The van der Waals surface area contributed by atoms with Crippen LogP contribution in [0.2, 0.25) is 0 Å². The summed E-state index contributed by atoms with van der Waals surface area (Å²) in [5.74, 6) is 0.719. The molecule has 1 heterocycles. The zero-order valence-corrected chi connectivity index (χ0v) is 14.2. The van der Waals surface area contributed by atoms with Crippen molar-refractivity contribution in [1.29, 1.82) is 0 Å². The van der Waals surface area contributed by atoms with Gasteiger partial charge < -0.3 is 5.32 Å². The van der Waals surface area contributed by atoms with Crippen molar-refractivity contribution in [3.05, 3.63) is 0 Å². The number of thioether (sulfide) groups is 1. The molecule has 0 amide bonds. The quantitative estimate of drug-likeness (QED) is 0.827. The molecule has 0 aromatic carbocycles. The zero-order valence-electron chi connectivity index (χ0n) is 13.3. The highest BCUT2D eigenvalue weighted by Gasteiger charge is 2.37. The summed E-state index contributed by atoms with van der Waals surface area (Å²) in [5, 5.41) is 3.76. The van der Waals surface area contributed by atoms with Crippen molar-refractivity contribution in [2.24, 2.45) is 5.92 Å². The fourth-order valence-electron chi connectivity index (χ4n) is 2.72. The van der Waals surface area contributed by atoms with Crippen molar-refractivity contribution in [3.63, 3.8) is 0 Å². The van der Waals surface area contributed by atoms with E-state index in [9.17, 15) is 0 Å². The van der Waals surface area contributed by atoms with Crippen molar-refractivity contribution in [1.82, 2.24) is 10.2 Å². The molecule has 2 nitrogen and oxygen atoms in total. The van der Waals surface area contributed by atoms with Gasteiger partial charge in [-0.2, -0.15) is 11.8 Å². The van der Waals surface area contributed by atoms with E-state index < -0.39 is 0 Å². The molecule has 2 unspecified atom stereocenters. The molecule has 0 aromatic heterocycles. The van der Waals surface area contributed by atoms with Crippen LogP contribution in [-0.4, -0.2) is 47.1 Å². The Bertz CT molecular complexity index is 263. The zero-order chi connectivity index (χ0) is 14.0. The topological polar surface area (TPSA) is 15.3 Å². The van der Waals surface area contributed by atoms with Gasteiger partial charge in [0, 0.05) is 36.0 Å². The maximum absolute atomic E-state index is 3.76. The molecule has 1 rings (SSSR count). The minimum atomic E-state index is 0.292. The SMILES string of the molecule is CCC1(C)CN(CC(C)(C)SC)C(C(C)C)CN1. The van der Waals surface area contributed by atoms with E-state index in [4.69, 9.17) is 0 Å². The third-order valence-electron chi connectivity index (χ3n) is 4.45. The van der Waals surface area contributed by atoms with Crippen molar-refractivity contribution in [3.8, 4) is 0 Å². The molecule has 18 heavy (non-hydrogen) atoms. The van der Waals surface area contributed by atoms with Crippen molar-refractivity contribution >= 4 is 11.8 Å². The van der Waals surface area contributed by atoms with Crippen LogP contribution in [0.4, 0.5) is 0 Å². The largest absolute Gasteiger partial charge is 0.309 e. The van der Waals surface area contributed by atoms with Gasteiger partial charge in [-0.1, -0.05) is 20.8 Å². The highest BCUT2D eigenvalue weighted by atomic mass is 32.2. The van der Waals surface area contributed by atoms with Gasteiger partial charge in [0.1, 0.15) is 0 Å². The lowest BCUT2D eigenvalue weighted by atomic mass is 9.89. The highest BCUT2D eigenvalue weighted by molar-refractivity contribution is 7.99. The molecular formula is C15H32N2S. The molecule has 108 valence electrons. The molecule has 0 bridgehead atoms. The van der Waals surface area contributed by atoms with Crippen LogP contribution in [0.3, 0.4) is 0 Å². The molecule has 1 saturated heterocycles. The number of hydrogen-bond acceptors (Lipinski definition) is 3. The summed E-state index contributed by atoms with van der Waals surface area (Å²) in [5.41, 5.74) is 0.292. The highest BCUT2D eigenvalue weighted by Crippen LogP contribution is 2.28. The van der Waals surface area contributed by atoms with Gasteiger partial charge in [-0.15, -0.1) is 0 Å². The molecule has 1 N–H and O–H groups in total. The summed E-state index contributed by atoms with van der Waals surface area (Å²) in [6.45, 7) is 17.6. The molecule has 1 aliphatic rings. The Kier molecular flexibility index (Phi) is 5.58. The van der Waals surface area contributed by atoms with Gasteiger partial charge in [0.25, 0.3) is 0 Å². The Morgan fingerprint density at radius 1 is 1.44 bits per heavy atom. The molecule has 0 aromatic rings. The first-order chi connectivity index (χ1) is 8.23. The third kappa shape index (κ3) is 4.14. The van der Waals surface area contributed by atoms with E-state index in [1.54, 1.807) is 0 Å². The second-order valence-corrected chi connectivity index (χ2v) is 8.49. The second-order valence-electron chi connectivity index (χ2n) is 6.98. The van der Waals surface area contributed by atoms with Gasteiger partial charge in [0.2, 0.25) is 0 Å². The number of hydrogen-bond donors (Lipinski definition) is 1. The molecule has 0 radical (unpaired) electrons. The van der Waals surface area contributed by atoms with E-state index in [1.807, 2.05) is 11.8 Å². The molecular weight excluding hydrogens is 240 g/mol. The van der Waals surface area contributed by atoms with Gasteiger partial charge in [-0.25, -0.2) is 0 Å². The number of rotatable bonds is 5. The smallest absolute Gasteiger partial charge is 0.0278 e.